The molecule has 0 spiro atoms. The van der Waals surface area contributed by atoms with Gasteiger partial charge in [0.1, 0.15) is 0 Å². The standard InChI is InChI=1S/C21H38O2/c1-4-6-16(3)23-21(22)20-14-12-19(13-15-20)18-10-8-17(7-5-2)9-11-18/h16-20H,4-15H2,1-3H3/t16-,17?,18?,19?,20?/m0/s1. The summed E-state index contributed by atoms with van der Waals surface area (Å²) in [5.41, 5.74) is 0. The van der Waals surface area contributed by atoms with Gasteiger partial charge in [0.15, 0.2) is 0 Å². The van der Waals surface area contributed by atoms with Crippen LogP contribution in [0, 0.1) is 23.7 Å². The predicted octanol–water partition coefficient (Wildman–Crippen LogP) is 6.13. The molecule has 23 heavy (non-hydrogen) atoms. The highest BCUT2D eigenvalue weighted by atomic mass is 16.5. The summed E-state index contributed by atoms with van der Waals surface area (Å²) in [6.07, 6.45) is 15.4. The van der Waals surface area contributed by atoms with Crippen molar-refractivity contribution in [2.75, 3.05) is 0 Å². The molecule has 0 saturated heterocycles. The molecule has 2 nitrogen and oxygen atoms in total. The van der Waals surface area contributed by atoms with Crippen molar-refractivity contribution < 1.29 is 9.53 Å². The molecule has 2 aliphatic rings. The summed E-state index contributed by atoms with van der Waals surface area (Å²) < 4.78 is 5.61. The Labute approximate surface area is 143 Å². The predicted molar refractivity (Wildman–Crippen MR) is 96.3 cm³/mol. The van der Waals surface area contributed by atoms with Crippen molar-refractivity contribution in [3.05, 3.63) is 0 Å². The third-order valence-electron chi connectivity index (χ3n) is 6.37. The third kappa shape index (κ3) is 5.80. The van der Waals surface area contributed by atoms with Gasteiger partial charge < -0.3 is 4.74 Å². The topological polar surface area (TPSA) is 26.3 Å². The van der Waals surface area contributed by atoms with Gasteiger partial charge in [-0.1, -0.05) is 46.0 Å². The summed E-state index contributed by atoms with van der Waals surface area (Å²) in [4.78, 5) is 12.3. The van der Waals surface area contributed by atoms with Crippen LogP contribution < -0.4 is 0 Å². The first kappa shape index (κ1) is 18.8. The van der Waals surface area contributed by atoms with E-state index in [1.807, 2.05) is 6.92 Å². The monoisotopic (exact) mass is 322 g/mol. The van der Waals surface area contributed by atoms with Crippen LogP contribution in [-0.4, -0.2) is 12.1 Å². The lowest BCUT2D eigenvalue weighted by molar-refractivity contribution is -0.155. The van der Waals surface area contributed by atoms with E-state index in [4.69, 9.17) is 4.74 Å². The quantitative estimate of drug-likeness (QED) is 0.527. The Morgan fingerprint density at radius 2 is 1.48 bits per heavy atom. The minimum atomic E-state index is 0.0797. The van der Waals surface area contributed by atoms with Crippen LogP contribution in [0.15, 0.2) is 0 Å². The Bertz CT molecular complexity index is 336. The van der Waals surface area contributed by atoms with Gasteiger partial charge in [-0.3, -0.25) is 4.79 Å². The maximum Gasteiger partial charge on any atom is 0.309 e. The van der Waals surface area contributed by atoms with Gasteiger partial charge in [0.05, 0.1) is 12.0 Å². The van der Waals surface area contributed by atoms with E-state index >= 15 is 0 Å². The van der Waals surface area contributed by atoms with Crippen molar-refractivity contribution in [3.63, 3.8) is 0 Å². The van der Waals surface area contributed by atoms with Crippen LogP contribution in [0.3, 0.4) is 0 Å². The Morgan fingerprint density at radius 3 is 2.00 bits per heavy atom. The molecule has 2 aliphatic carbocycles. The van der Waals surface area contributed by atoms with Crippen LogP contribution in [0.5, 0.6) is 0 Å². The fourth-order valence-electron chi connectivity index (χ4n) is 4.94. The summed E-state index contributed by atoms with van der Waals surface area (Å²) in [5.74, 6) is 3.09. The number of hydrogen-bond acceptors (Lipinski definition) is 2. The van der Waals surface area contributed by atoms with Gasteiger partial charge in [-0.05, 0) is 69.6 Å². The smallest absolute Gasteiger partial charge is 0.309 e. The Kier molecular flexibility index (Phi) is 7.92. The fraction of sp³-hybridized carbons (Fsp3) is 0.952. The van der Waals surface area contributed by atoms with Crippen LogP contribution in [0.2, 0.25) is 0 Å². The summed E-state index contributed by atoms with van der Waals surface area (Å²) in [6.45, 7) is 6.49. The van der Waals surface area contributed by atoms with Crippen molar-refractivity contribution in [3.8, 4) is 0 Å². The number of rotatable bonds is 7. The molecule has 0 radical (unpaired) electrons. The van der Waals surface area contributed by atoms with E-state index in [2.05, 4.69) is 13.8 Å². The van der Waals surface area contributed by atoms with Crippen molar-refractivity contribution in [2.45, 2.75) is 104 Å². The SMILES string of the molecule is CCCC1CCC(C2CCC(C(=O)O[C@@H](C)CCC)CC2)CC1. The summed E-state index contributed by atoms with van der Waals surface area (Å²) in [6, 6.07) is 0. The average molecular weight is 323 g/mol. The lowest BCUT2D eigenvalue weighted by Gasteiger charge is -2.37. The minimum absolute atomic E-state index is 0.0797. The zero-order chi connectivity index (χ0) is 16.7. The number of ether oxygens (including phenoxy) is 1. The van der Waals surface area contributed by atoms with E-state index in [-0.39, 0.29) is 18.0 Å². The fourth-order valence-corrected chi connectivity index (χ4v) is 4.94. The maximum atomic E-state index is 12.3. The van der Waals surface area contributed by atoms with Crippen LogP contribution in [0.25, 0.3) is 0 Å². The third-order valence-corrected chi connectivity index (χ3v) is 6.37. The summed E-state index contributed by atoms with van der Waals surface area (Å²) in [7, 11) is 0. The summed E-state index contributed by atoms with van der Waals surface area (Å²) >= 11 is 0. The first-order chi connectivity index (χ1) is 11.1. The second-order valence-corrected chi connectivity index (χ2v) is 8.22. The molecule has 2 rings (SSSR count). The molecule has 2 heteroatoms. The molecule has 0 N–H and O–H groups in total. The normalized spacial score (nSPS) is 33.2. The van der Waals surface area contributed by atoms with Crippen LogP contribution in [0.4, 0.5) is 0 Å². The van der Waals surface area contributed by atoms with Gasteiger partial charge in [0.25, 0.3) is 0 Å². The first-order valence-electron chi connectivity index (χ1n) is 10.3. The highest BCUT2D eigenvalue weighted by Gasteiger charge is 2.33. The van der Waals surface area contributed by atoms with E-state index in [1.54, 1.807) is 0 Å². The van der Waals surface area contributed by atoms with E-state index in [0.717, 1.165) is 43.4 Å². The average Bonchev–Trinajstić information content (AvgIpc) is 2.56. The van der Waals surface area contributed by atoms with E-state index < -0.39 is 0 Å². The molecule has 0 unspecified atom stereocenters. The van der Waals surface area contributed by atoms with Gasteiger partial charge in [0, 0.05) is 0 Å². The number of carbonyl (C=O) groups excluding carboxylic acids is 1. The van der Waals surface area contributed by atoms with Crippen LogP contribution in [-0.2, 0) is 9.53 Å². The molecular formula is C21H38O2. The van der Waals surface area contributed by atoms with Gasteiger partial charge in [0.2, 0.25) is 0 Å². The summed E-state index contributed by atoms with van der Waals surface area (Å²) in [5, 5.41) is 0. The van der Waals surface area contributed by atoms with Gasteiger partial charge >= 0.3 is 5.97 Å². The second-order valence-electron chi connectivity index (χ2n) is 8.22. The lowest BCUT2D eigenvalue weighted by atomic mass is 9.69. The van der Waals surface area contributed by atoms with Crippen LogP contribution in [0.1, 0.15) is 97.8 Å². The van der Waals surface area contributed by atoms with Crippen LogP contribution >= 0.6 is 0 Å². The second kappa shape index (κ2) is 9.69. The first-order valence-corrected chi connectivity index (χ1v) is 10.3. The maximum absolute atomic E-state index is 12.3. The molecule has 2 saturated carbocycles. The van der Waals surface area contributed by atoms with Gasteiger partial charge in [-0.2, -0.15) is 0 Å². The van der Waals surface area contributed by atoms with Crippen molar-refractivity contribution in [1.29, 1.82) is 0 Å². The lowest BCUT2D eigenvalue weighted by Crippen LogP contribution is -2.30. The van der Waals surface area contributed by atoms with Crippen molar-refractivity contribution in [2.24, 2.45) is 23.7 Å². The molecule has 1 atom stereocenters. The Morgan fingerprint density at radius 1 is 0.913 bits per heavy atom. The Balaban J connectivity index is 1.69. The van der Waals surface area contributed by atoms with Gasteiger partial charge in [-0.15, -0.1) is 0 Å². The zero-order valence-electron chi connectivity index (χ0n) is 15.7. The molecule has 0 aliphatic heterocycles. The molecule has 134 valence electrons. The molecule has 0 heterocycles. The zero-order valence-corrected chi connectivity index (χ0v) is 15.7. The molecule has 2 fully saturated rings. The molecule has 0 aromatic heterocycles. The molecule has 0 aromatic rings. The Hall–Kier alpha value is -0.530. The van der Waals surface area contributed by atoms with Crippen molar-refractivity contribution >= 4 is 5.97 Å². The molecule has 0 amide bonds. The number of hydrogen-bond donors (Lipinski definition) is 0. The largest absolute Gasteiger partial charge is 0.462 e. The van der Waals surface area contributed by atoms with E-state index in [9.17, 15) is 4.79 Å². The van der Waals surface area contributed by atoms with Gasteiger partial charge in [-0.25, -0.2) is 0 Å². The molecule has 0 bridgehead atoms. The highest BCUT2D eigenvalue weighted by molar-refractivity contribution is 5.72. The van der Waals surface area contributed by atoms with Crippen molar-refractivity contribution in [1.82, 2.24) is 0 Å². The van der Waals surface area contributed by atoms with E-state index in [0.29, 0.717) is 0 Å². The molecule has 0 aromatic carbocycles. The number of carbonyl (C=O) groups is 1. The molecular weight excluding hydrogens is 284 g/mol. The minimum Gasteiger partial charge on any atom is -0.462 e. The highest BCUT2D eigenvalue weighted by Crippen LogP contribution is 2.42. The number of esters is 1. The van der Waals surface area contributed by atoms with E-state index in [1.165, 1.54) is 51.4 Å².